The van der Waals surface area contributed by atoms with Gasteiger partial charge in [-0.1, -0.05) is 23.7 Å². The van der Waals surface area contributed by atoms with Crippen molar-refractivity contribution in [3.8, 4) is 0 Å². The predicted molar refractivity (Wildman–Crippen MR) is 119 cm³/mol. The van der Waals surface area contributed by atoms with Gasteiger partial charge in [-0.2, -0.15) is 0 Å². The summed E-state index contributed by atoms with van der Waals surface area (Å²) in [6.07, 6.45) is -1.38. The molecule has 0 aliphatic rings. The van der Waals surface area contributed by atoms with Crippen LogP contribution in [0.1, 0.15) is 17.3 Å². The zero-order valence-electron chi connectivity index (χ0n) is 17.0. The Labute approximate surface area is 193 Å². The van der Waals surface area contributed by atoms with Crippen LogP contribution >= 0.6 is 11.6 Å². The van der Waals surface area contributed by atoms with E-state index in [0.717, 1.165) is 24.3 Å². The van der Waals surface area contributed by atoms with Crippen molar-refractivity contribution in [1.29, 1.82) is 0 Å². The maximum Gasteiger partial charge on any atom is 0.338 e. The standard InChI is InChI=1S/C22H17ClF2N2O5S/c1-13(21(28)26-20-12-16(24)8-9-19(20)25)32-22(29)14-4-2-7-18(10-14)33(30,31)27-17-6-3-5-15(23)11-17/h2-13,27H,1H3,(H,26,28). The van der Waals surface area contributed by atoms with Crippen molar-refractivity contribution in [1.82, 2.24) is 0 Å². The highest BCUT2D eigenvalue weighted by atomic mass is 35.5. The molecular weight excluding hydrogens is 478 g/mol. The number of hydrogen-bond acceptors (Lipinski definition) is 5. The Morgan fingerprint density at radius 2 is 1.73 bits per heavy atom. The van der Waals surface area contributed by atoms with Gasteiger partial charge in [0.25, 0.3) is 15.9 Å². The van der Waals surface area contributed by atoms with E-state index in [2.05, 4.69) is 10.0 Å². The highest BCUT2D eigenvalue weighted by Gasteiger charge is 2.22. The summed E-state index contributed by atoms with van der Waals surface area (Å²) in [6.45, 7) is 1.23. The maximum absolute atomic E-state index is 13.7. The van der Waals surface area contributed by atoms with E-state index in [4.69, 9.17) is 16.3 Å². The zero-order valence-corrected chi connectivity index (χ0v) is 18.6. The van der Waals surface area contributed by atoms with Gasteiger partial charge >= 0.3 is 5.97 Å². The Bertz CT molecular complexity index is 1320. The average Bonchev–Trinajstić information content (AvgIpc) is 2.76. The van der Waals surface area contributed by atoms with Crippen LogP contribution in [0.3, 0.4) is 0 Å². The van der Waals surface area contributed by atoms with E-state index in [9.17, 15) is 26.8 Å². The third-order valence-electron chi connectivity index (χ3n) is 4.30. The molecule has 0 fully saturated rings. The summed E-state index contributed by atoms with van der Waals surface area (Å²) in [5, 5.41) is 2.46. The topological polar surface area (TPSA) is 102 Å². The number of carbonyl (C=O) groups excluding carboxylic acids is 2. The molecule has 1 unspecified atom stereocenters. The van der Waals surface area contributed by atoms with Crippen LogP contribution in [0.2, 0.25) is 5.02 Å². The van der Waals surface area contributed by atoms with Crippen molar-refractivity contribution < 1.29 is 31.5 Å². The van der Waals surface area contributed by atoms with Gasteiger partial charge in [-0.15, -0.1) is 0 Å². The number of amides is 1. The highest BCUT2D eigenvalue weighted by molar-refractivity contribution is 7.92. The second-order valence-electron chi connectivity index (χ2n) is 6.80. The third-order valence-corrected chi connectivity index (χ3v) is 5.91. The molecule has 0 aliphatic carbocycles. The molecule has 0 radical (unpaired) electrons. The van der Waals surface area contributed by atoms with Crippen molar-refractivity contribution in [2.24, 2.45) is 0 Å². The molecule has 3 rings (SSSR count). The number of hydrogen-bond donors (Lipinski definition) is 2. The minimum atomic E-state index is -4.05. The normalized spacial score (nSPS) is 12.0. The predicted octanol–water partition coefficient (Wildman–Crippen LogP) is 4.60. The summed E-state index contributed by atoms with van der Waals surface area (Å²) in [5.74, 6) is -3.52. The van der Waals surface area contributed by atoms with Gasteiger partial charge in [0.05, 0.1) is 21.8 Å². The van der Waals surface area contributed by atoms with E-state index < -0.39 is 45.3 Å². The van der Waals surface area contributed by atoms with Gasteiger partial charge in [0, 0.05) is 11.1 Å². The Morgan fingerprint density at radius 1 is 1.00 bits per heavy atom. The van der Waals surface area contributed by atoms with Crippen LogP contribution in [-0.2, 0) is 19.6 Å². The molecule has 11 heteroatoms. The third kappa shape index (κ3) is 6.27. The first-order valence-corrected chi connectivity index (χ1v) is 11.3. The summed E-state index contributed by atoms with van der Waals surface area (Å²) in [7, 11) is -4.05. The summed E-state index contributed by atoms with van der Waals surface area (Å²) >= 11 is 5.86. The molecule has 0 bridgehead atoms. The van der Waals surface area contributed by atoms with Crippen LogP contribution in [0.4, 0.5) is 20.2 Å². The molecule has 0 aliphatic heterocycles. The molecule has 2 N–H and O–H groups in total. The van der Waals surface area contributed by atoms with E-state index in [0.29, 0.717) is 5.02 Å². The molecular formula is C22H17ClF2N2O5S. The minimum Gasteiger partial charge on any atom is -0.449 e. The second-order valence-corrected chi connectivity index (χ2v) is 8.92. The second kappa shape index (κ2) is 9.97. The monoisotopic (exact) mass is 494 g/mol. The summed E-state index contributed by atoms with van der Waals surface area (Å²) in [4.78, 5) is 24.4. The number of halogens is 3. The number of esters is 1. The lowest BCUT2D eigenvalue weighted by Gasteiger charge is -2.14. The lowest BCUT2D eigenvalue weighted by molar-refractivity contribution is -0.123. The van der Waals surface area contributed by atoms with Crippen molar-refractivity contribution in [3.63, 3.8) is 0 Å². The minimum absolute atomic E-state index is 0.138. The molecule has 0 heterocycles. The van der Waals surface area contributed by atoms with E-state index in [-0.39, 0.29) is 16.1 Å². The van der Waals surface area contributed by atoms with E-state index in [1.807, 2.05) is 0 Å². The zero-order chi connectivity index (χ0) is 24.2. The highest BCUT2D eigenvalue weighted by Crippen LogP contribution is 2.21. The lowest BCUT2D eigenvalue weighted by Crippen LogP contribution is -2.30. The Balaban J connectivity index is 1.71. The van der Waals surface area contributed by atoms with Crippen LogP contribution in [0.5, 0.6) is 0 Å². The molecule has 3 aromatic rings. The average molecular weight is 495 g/mol. The van der Waals surface area contributed by atoms with Gasteiger partial charge in [-0.05, 0) is 55.5 Å². The molecule has 0 aromatic heterocycles. The molecule has 0 spiro atoms. The summed E-state index contributed by atoms with van der Waals surface area (Å²) in [5.41, 5.74) is -0.325. The molecule has 7 nitrogen and oxygen atoms in total. The molecule has 3 aromatic carbocycles. The number of carbonyl (C=O) groups is 2. The van der Waals surface area contributed by atoms with Crippen molar-refractivity contribution >= 4 is 44.9 Å². The van der Waals surface area contributed by atoms with Crippen molar-refractivity contribution in [2.45, 2.75) is 17.9 Å². The number of nitrogens with one attached hydrogen (secondary N) is 2. The van der Waals surface area contributed by atoms with Crippen LogP contribution in [0, 0.1) is 11.6 Å². The van der Waals surface area contributed by atoms with Crippen LogP contribution in [-0.4, -0.2) is 26.4 Å². The fourth-order valence-electron chi connectivity index (χ4n) is 2.67. The Hall–Kier alpha value is -3.50. The SMILES string of the molecule is CC(OC(=O)c1cccc(S(=O)(=O)Nc2cccc(Cl)c2)c1)C(=O)Nc1cc(F)ccc1F. The first-order valence-electron chi connectivity index (χ1n) is 9.40. The van der Waals surface area contributed by atoms with Gasteiger partial charge in [-0.3, -0.25) is 9.52 Å². The quantitative estimate of drug-likeness (QED) is 0.467. The van der Waals surface area contributed by atoms with E-state index in [1.54, 1.807) is 12.1 Å². The molecule has 1 amide bonds. The smallest absolute Gasteiger partial charge is 0.338 e. The Kier molecular flexibility index (Phi) is 7.29. The number of ether oxygens (including phenoxy) is 1. The molecule has 33 heavy (non-hydrogen) atoms. The fourth-order valence-corrected chi connectivity index (χ4v) is 3.95. The first-order chi connectivity index (χ1) is 15.5. The largest absolute Gasteiger partial charge is 0.449 e. The molecule has 1 atom stereocenters. The first kappa shape index (κ1) is 24.1. The molecule has 0 saturated heterocycles. The van der Waals surface area contributed by atoms with Crippen molar-refractivity contribution in [2.75, 3.05) is 10.0 Å². The fraction of sp³-hybridized carbons (Fsp3) is 0.0909. The summed E-state index contributed by atoms with van der Waals surface area (Å²) in [6, 6.07) is 13.5. The van der Waals surface area contributed by atoms with Crippen LogP contribution in [0.15, 0.2) is 71.6 Å². The van der Waals surface area contributed by atoms with E-state index >= 15 is 0 Å². The van der Waals surface area contributed by atoms with Gasteiger partial charge in [0.1, 0.15) is 11.6 Å². The molecule has 0 saturated carbocycles. The van der Waals surface area contributed by atoms with E-state index in [1.165, 1.54) is 37.3 Å². The number of anilines is 2. The number of sulfonamides is 1. The van der Waals surface area contributed by atoms with Gasteiger partial charge in [-0.25, -0.2) is 22.0 Å². The van der Waals surface area contributed by atoms with Gasteiger partial charge in [0.2, 0.25) is 0 Å². The summed E-state index contributed by atoms with van der Waals surface area (Å²) < 4.78 is 59.6. The van der Waals surface area contributed by atoms with Gasteiger partial charge < -0.3 is 10.1 Å². The van der Waals surface area contributed by atoms with Crippen molar-refractivity contribution in [3.05, 3.63) is 89.0 Å². The lowest BCUT2D eigenvalue weighted by atomic mass is 10.2. The van der Waals surface area contributed by atoms with Crippen LogP contribution < -0.4 is 10.0 Å². The Morgan fingerprint density at radius 3 is 2.45 bits per heavy atom. The maximum atomic E-state index is 13.7. The van der Waals surface area contributed by atoms with Gasteiger partial charge in [0.15, 0.2) is 6.10 Å². The number of rotatable bonds is 7. The van der Waals surface area contributed by atoms with Crippen LogP contribution in [0.25, 0.3) is 0 Å². The number of benzene rings is 3. The molecule has 172 valence electrons.